The summed E-state index contributed by atoms with van der Waals surface area (Å²) in [5.74, 6) is -1.49. The lowest BCUT2D eigenvalue weighted by molar-refractivity contribution is -0.138. The fraction of sp³-hybridized carbons (Fsp3) is 0.385. The minimum atomic E-state index is -0.936. The molecule has 0 aliphatic rings. The summed E-state index contributed by atoms with van der Waals surface area (Å²) in [6, 6.07) is 6.99. The van der Waals surface area contributed by atoms with Crippen LogP contribution in [0.1, 0.15) is 30.6 Å². The van der Waals surface area contributed by atoms with Crippen molar-refractivity contribution in [3.05, 3.63) is 34.3 Å². The third-order valence-corrected chi connectivity index (χ3v) is 3.19. The van der Waals surface area contributed by atoms with E-state index in [4.69, 9.17) is 5.11 Å². The quantitative estimate of drug-likeness (QED) is 0.848. The molecule has 3 nitrogen and oxygen atoms in total. The number of carboxylic acid groups (broad SMARTS) is 1. The molecule has 1 rings (SSSR count). The zero-order valence-electron chi connectivity index (χ0n) is 9.81. The van der Waals surface area contributed by atoms with Gasteiger partial charge in [-0.2, -0.15) is 0 Å². The second-order valence-corrected chi connectivity index (χ2v) is 5.24. The molecule has 0 aromatic heterocycles. The number of carboxylic acids is 1. The van der Waals surface area contributed by atoms with Crippen molar-refractivity contribution in [1.82, 2.24) is 0 Å². The lowest BCUT2D eigenvalue weighted by Gasteiger charge is -2.17. The van der Waals surface area contributed by atoms with Crippen molar-refractivity contribution in [3.8, 4) is 0 Å². The summed E-state index contributed by atoms with van der Waals surface area (Å²) in [4.78, 5) is 22.9. The zero-order chi connectivity index (χ0) is 13.0. The Hall–Kier alpha value is -1.16. The molecule has 0 aliphatic carbocycles. The molecular weight excluding hydrogens is 284 g/mol. The topological polar surface area (TPSA) is 54.4 Å². The maximum absolute atomic E-state index is 12.2. The zero-order valence-corrected chi connectivity index (χ0v) is 11.4. The molecule has 0 fully saturated rings. The van der Waals surface area contributed by atoms with Gasteiger partial charge in [0.2, 0.25) is 0 Å². The maximum atomic E-state index is 12.2. The number of hydrogen-bond donors (Lipinski definition) is 1. The highest BCUT2D eigenvalue weighted by molar-refractivity contribution is 9.10. The van der Waals surface area contributed by atoms with E-state index in [0.29, 0.717) is 5.56 Å². The van der Waals surface area contributed by atoms with Gasteiger partial charge in [-0.25, -0.2) is 0 Å². The fourth-order valence-electron chi connectivity index (χ4n) is 1.65. The number of aliphatic carboxylic acids is 1. The van der Waals surface area contributed by atoms with Gasteiger partial charge >= 0.3 is 5.97 Å². The molecule has 1 N–H and O–H groups in total. The fourth-order valence-corrected chi connectivity index (χ4v) is 1.91. The van der Waals surface area contributed by atoms with Crippen LogP contribution in [0.3, 0.4) is 0 Å². The Morgan fingerprint density at radius 1 is 1.24 bits per heavy atom. The van der Waals surface area contributed by atoms with Crippen molar-refractivity contribution < 1.29 is 14.7 Å². The highest BCUT2D eigenvalue weighted by atomic mass is 79.9. The van der Waals surface area contributed by atoms with Crippen molar-refractivity contribution in [2.24, 2.45) is 11.8 Å². The van der Waals surface area contributed by atoms with Crippen molar-refractivity contribution in [2.45, 2.75) is 20.3 Å². The molecular formula is C13H15BrO3. The third kappa shape index (κ3) is 3.97. The summed E-state index contributed by atoms with van der Waals surface area (Å²) in [5, 5.41) is 8.81. The first-order valence-electron chi connectivity index (χ1n) is 5.43. The largest absolute Gasteiger partial charge is 0.481 e. The number of Topliss-reactive ketones (excluding diaryl/α,β-unsaturated/α-hetero) is 1. The smallest absolute Gasteiger partial charge is 0.304 e. The van der Waals surface area contributed by atoms with Crippen LogP contribution in [0.4, 0.5) is 0 Å². The molecule has 0 amide bonds. The van der Waals surface area contributed by atoms with E-state index >= 15 is 0 Å². The van der Waals surface area contributed by atoms with Gasteiger partial charge in [-0.1, -0.05) is 41.9 Å². The Labute approximate surface area is 109 Å². The molecule has 0 bridgehead atoms. The minimum Gasteiger partial charge on any atom is -0.481 e. The van der Waals surface area contributed by atoms with Crippen LogP contribution in [0.25, 0.3) is 0 Å². The second-order valence-electron chi connectivity index (χ2n) is 4.32. The van der Waals surface area contributed by atoms with Crippen LogP contribution in [0.2, 0.25) is 0 Å². The molecule has 0 radical (unpaired) electrons. The van der Waals surface area contributed by atoms with Gasteiger partial charge in [-0.3, -0.25) is 9.59 Å². The average Bonchev–Trinajstić information content (AvgIpc) is 2.25. The van der Waals surface area contributed by atoms with Crippen LogP contribution in [-0.2, 0) is 4.79 Å². The van der Waals surface area contributed by atoms with E-state index in [9.17, 15) is 9.59 Å². The Kier molecular flexibility index (Phi) is 4.87. The van der Waals surface area contributed by atoms with E-state index in [-0.39, 0.29) is 18.1 Å². The summed E-state index contributed by atoms with van der Waals surface area (Å²) in [6.45, 7) is 3.73. The number of ketones is 1. The predicted octanol–water partition coefficient (Wildman–Crippen LogP) is 3.38. The van der Waals surface area contributed by atoms with Crippen molar-refractivity contribution in [2.75, 3.05) is 0 Å². The van der Waals surface area contributed by atoms with Crippen molar-refractivity contribution in [3.63, 3.8) is 0 Å². The van der Waals surface area contributed by atoms with Crippen LogP contribution >= 0.6 is 15.9 Å². The van der Waals surface area contributed by atoms with Gasteiger partial charge in [0.05, 0.1) is 6.42 Å². The first-order chi connectivity index (χ1) is 7.91. The van der Waals surface area contributed by atoms with E-state index in [2.05, 4.69) is 15.9 Å². The Morgan fingerprint density at radius 2 is 1.76 bits per heavy atom. The van der Waals surface area contributed by atoms with Crippen LogP contribution in [0.15, 0.2) is 28.7 Å². The monoisotopic (exact) mass is 298 g/mol. The molecule has 0 heterocycles. The van der Waals surface area contributed by atoms with E-state index in [1.165, 1.54) is 0 Å². The van der Waals surface area contributed by atoms with E-state index in [0.717, 1.165) is 4.47 Å². The molecule has 17 heavy (non-hydrogen) atoms. The molecule has 0 saturated heterocycles. The second kappa shape index (κ2) is 5.96. The predicted molar refractivity (Wildman–Crippen MR) is 69.1 cm³/mol. The third-order valence-electron chi connectivity index (χ3n) is 2.66. The Balaban J connectivity index is 2.91. The first kappa shape index (κ1) is 13.9. The highest BCUT2D eigenvalue weighted by Gasteiger charge is 2.25. The molecule has 1 aromatic carbocycles. The lowest BCUT2D eigenvalue weighted by atomic mass is 9.85. The van der Waals surface area contributed by atoms with Crippen LogP contribution in [-0.4, -0.2) is 16.9 Å². The summed E-state index contributed by atoms with van der Waals surface area (Å²) in [7, 11) is 0. The Morgan fingerprint density at radius 3 is 2.18 bits per heavy atom. The molecule has 4 heteroatoms. The SMILES string of the molecule is CC(C)C(CC(=O)O)C(=O)c1ccc(Br)cc1. The van der Waals surface area contributed by atoms with E-state index < -0.39 is 11.9 Å². The van der Waals surface area contributed by atoms with E-state index in [1.807, 2.05) is 13.8 Å². The average molecular weight is 299 g/mol. The van der Waals surface area contributed by atoms with Crippen molar-refractivity contribution in [1.29, 1.82) is 0 Å². The van der Waals surface area contributed by atoms with Gasteiger partial charge in [-0.05, 0) is 18.1 Å². The molecule has 0 aliphatic heterocycles. The van der Waals surface area contributed by atoms with Gasteiger partial charge in [0.15, 0.2) is 5.78 Å². The van der Waals surface area contributed by atoms with Gasteiger partial charge in [-0.15, -0.1) is 0 Å². The van der Waals surface area contributed by atoms with Gasteiger partial charge in [0, 0.05) is 16.0 Å². The number of hydrogen-bond acceptors (Lipinski definition) is 2. The summed E-state index contributed by atoms with van der Waals surface area (Å²) >= 11 is 3.30. The number of benzene rings is 1. The van der Waals surface area contributed by atoms with E-state index in [1.54, 1.807) is 24.3 Å². The number of rotatable bonds is 5. The van der Waals surface area contributed by atoms with Gasteiger partial charge in [0.1, 0.15) is 0 Å². The first-order valence-corrected chi connectivity index (χ1v) is 6.22. The lowest BCUT2D eigenvalue weighted by Crippen LogP contribution is -2.23. The Bertz CT molecular complexity index is 409. The summed E-state index contributed by atoms with van der Waals surface area (Å²) < 4.78 is 0.897. The van der Waals surface area contributed by atoms with Gasteiger partial charge in [0.25, 0.3) is 0 Å². The van der Waals surface area contributed by atoms with Gasteiger partial charge < -0.3 is 5.11 Å². The maximum Gasteiger partial charge on any atom is 0.304 e. The molecule has 1 unspecified atom stereocenters. The molecule has 1 aromatic rings. The standard InChI is InChI=1S/C13H15BrO3/c1-8(2)11(7-12(15)16)13(17)9-3-5-10(14)6-4-9/h3-6,8,11H,7H2,1-2H3,(H,15,16). The normalized spacial score (nSPS) is 12.5. The molecule has 92 valence electrons. The minimum absolute atomic E-state index is 0.0160. The summed E-state index contributed by atoms with van der Waals surface area (Å²) in [6.07, 6.45) is -0.118. The molecule has 1 atom stereocenters. The van der Waals surface area contributed by atoms with Crippen LogP contribution in [0.5, 0.6) is 0 Å². The number of carbonyl (C=O) groups excluding carboxylic acids is 1. The van der Waals surface area contributed by atoms with Crippen LogP contribution in [0, 0.1) is 11.8 Å². The molecule has 0 spiro atoms. The van der Waals surface area contributed by atoms with Crippen molar-refractivity contribution >= 4 is 27.7 Å². The number of halogens is 1. The molecule has 0 saturated carbocycles. The van der Waals surface area contributed by atoms with Crippen LogP contribution < -0.4 is 0 Å². The number of carbonyl (C=O) groups is 2. The summed E-state index contributed by atoms with van der Waals surface area (Å²) in [5.41, 5.74) is 0.563. The highest BCUT2D eigenvalue weighted by Crippen LogP contribution is 2.22.